The van der Waals surface area contributed by atoms with Gasteiger partial charge in [0.1, 0.15) is 10.6 Å². The molecule has 3 aromatic rings. The summed E-state index contributed by atoms with van der Waals surface area (Å²) in [5, 5.41) is 3.34. The van der Waals surface area contributed by atoms with Gasteiger partial charge in [-0.3, -0.25) is 9.59 Å². The average Bonchev–Trinajstić information content (AvgIpc) is 3.05. The molecule has 0 saturated heterocycles. The SMILES string of the molecule is CCOC(=O)c1cccc(NC2=C(Sc3ccc(C)cc3)C(=O)N(c3ccccc3Cl)C2=O)c1. The number of halogens is 1. The number of ether oxygens (including phenoxy) is 1. The van der Waals surface area contributed by atoms with E-state index in [0.29, 0.717) is 16.9 Å². The van der Waals surface area contributed by atoms with Crippen LogP contribution in [0.15, 0.2) is 88.3 Å². The van der Waals surface area contributed by atoms with Crippen molar-refractivity contribution in [1.29, 1.82) is 0 Å². The number of hydrogen-bond acceptors (Lipinski definition) is 6. The normalized spacial score (nSPS) is 13.4. The Labute approximate surface area is 206 Å². The van der Waals surface area contributed by atoms with Gasteiger partial charge < -0.3 is 10.1 Å². The molecule has 8 heteroatoms. The van der Waals surface area contributed by atoms with Crippen LogP contribution < -0.4 is 10.2 Å². The first-order valence-electron chi connectivity index (χ1n) is 10.6. The number of carbonyl (C=O) groups excluding carboxylic acids is 3. The molecule has 1 heterocycles. The smallest absolute Gasteiger partial charge is 0.338 e. The number of nitrogens with one attached hydrogen (secondary N) is 1. The van der Waals surface area contributed by atoms with Crippen LogP contribution in [0.1, 0.15) is 22.8 Å². The summed E-state index contributed by atoms with van der Waals surface area (Å²) < 4.78 is 5.06. The second-order valence-electron chi connectivity index (χ2n) is 7.44. The van der Waals surface area contributed by atoms with Gasteiger partial charge in [-0.1, -0.05) is 59.3 Å². The number of rotatable bonds is 7. The van der Waals surface area contributed by atoms with Gasteiger partial charge in [-0.25, -0.2) is 9.69 Å². The number of benzene rings is 3. The molecular formula is C26H21ClN2O4S. The Balaban J connectivity index is 1.74. The Hall–Kier alpha value is -3.55. The average molecular weight is 493 g/mol. The van der Waals surface area contributed by atoms with Gasteiger partial charge in [0.05, 0.1) is 22.9 Å². The third-order valence-corrected chi connectivity index (χ3v) is 6.43. The highest BCUT2D eigenvalue weighted by atomic mass is 35.5. The summed E-state index contributed by atoms with van der Waals surface area (Å²) in [6.07, 6.45) is 0. The standard InChI is InChI=1S/C26H21ClN2O4S/c1-3-33-26(32)17-7-6-8-18(15-17)28-22-23(34-19-13-11-16(2)12-14-19)25(31)29(24(22)30)21-10-5-4-9-20(21)27/h4-15,28H,3H2,1-2H3. The van der Waals surface area contributed by atoms with Gasteiger partial charge in [0.25, 0.3) is 11.8 Å². The molecule has 1 aliphatic heterocycles. The third kappa shape index (κ3) is 4.85. The summed E-state index contributed by atoms with van der Waals surface area (Å²) in [5.74, 6) is -1.48. The van der Waals surface area contributed by atoms with Crippen molar-refractivity contribution in [2.45, 2.75) is 18.7 Å². The molecule has 0 aromatic heterocycles. The first kappa shape index (κ1) is 23.6. The van der Waals surface area contributed by atoms with Crippen LogP contribution in [0.2, 0.25) is 5.02 Å². The fraction of sp³-hybridized carbons (Fsp3) is 0.115. The molecule has 0 bridgehead atoms. The zero-order valence-corrected chi connectivity index (χ0v) is 20.1. The zero-order chi connectivity index (χ0) is 24.2. The maximum atomic E-state index is 13.5. The van der Waals surface area contributed by atoms with Gasteiger partial charge in [0.2, 0.25) is 0 Å². The molecule has 3 aromatic carbocycles. The lowest BCUT2D eigenvalue weighted by atomic mass is 10.2. The largest absolute Gasteiger partial charge is 0.462 e. The van der Waals surface area contributed by atoms with E-state index in [1.807, 2.05) is 31.2 Å². The van der Waals surface area contributed by atoms with Gasteiger partial charge in [0, 0.05) is 10.6 Å². The van der Waals surface area contributed by atoms with Crippen LogP contribution in [0.4, 0.5) is 11.4 Å². The van der Waals surface area contributed by atoms with Gasteiger partial charge in [-0.05, 0) is 56.3 Å². The highest BCUT2D eigenvalue weighted by molar-refractivity contribution is 8.04. The summed E-state index contributed by atoms with van der Waals surface area (Å²) in [6, 6.07) is 20.9. The Kier molecular flexibility index (Phi) is 7.05. The molecule has 0 aliphatic carbocycles. The lowest BCUT2D eigenvalue weighted by Gasteiger charge is -2.16. The topological polar surface area (TPSA) is 75.7 Å². The quantitative estimate of drug-likeness (QED) is 0.331. The number of hydrogen-bond donors (Lipinski definition) is 1. The van der Waals surface area contributed by atoms with Crippen molar-refractivity contribution >= 4 is 52.5 Å². The Bertz CT molecular complexity index is 1300. The van der Waals surface area contributed by atoms with E-state index in [9.17, 15) is 14.4 Å². The van der Waals surface area contributed by atoms with E-state index in [2.05, 4.69) is 5.32 Å². The molecular weight excluding hydrogens is 472 g/mol. The number of carbonyl (C=O) groups is 3. The monoisotopic (exact) mass is 492 g/mol. The van der Waals surface area contributed by atoms with Crippen molar-refractivity contribution in [2.24, 2.45) is 0 Å². The van der Waals surface area contributed by atoms with Crippen molar-refractivity contribution < 1.29 is 19.1 Å². The number of thioether (sulfide) groups is 1. The summed E-state index contributed by atoms with van der Waals surface area (Å²) >= 11 is 7.50. The highest BCUT2D eigenvalue weighted by Gasteiger charge is 2.41. The van der Waals surface area contributed by atoms with Crippen molar-refractivity contribution in [1.82, 2.24) is 0 Å². The van der Waals surface area contributed by atoms with Crippen LogP contribution in [0.25, 0.3) is 0 Å². The molecule has 0 saturated carbocycles. The van der Waals surface area contributed by atoms with Gasteiger partial charge in [0.15, 0.2) is 0 Å². The number of esters is 1. The molecule has 34 heavy (non-hydrogen) atoms. The molecule has 1 aliphatic rings. The minimum Gasteiger partial charge on any atom is -0.462 e. The van der Waals surface area contributed by atoms with Gasteiger partial charge in [-0.2, -0.15) is 0 Å². The van der Waals surface area contributed by atoms with Gasteiger partial charge >= 0.3 is 5.97 Å². The van der Waals surface area contributed by atoms with Gasteiger partial charge in [-0.15, -0.1) is 0 Å². The van der Waals surface area contributed by atoms with Crippen LogP contribution in [0.5, 0.6) is 0 Å². The summed E-state index contributed by atoms with van der Waals surface area (Å²) in [4.78, 5) is 41.2. The molecule has 0 atom stereocenters. The second kappa shape index (κ2) is 10.2. The van der Waals surface area contributed by atoms with Crippen molar-refractivity contribution in [3.63, 3.8) is 0 Å². The fourth-order valence-electron chi connectivity index (χ4n) is 3.37. The minimum absolute atomic E-state index is 0.108. The Morgan fingerprint density at radius 2 is 1.74 bits per heavy atom. The predicted octanol–water partition coefficient (Wildman–Crippen LogP) is 5.81. The fourth-order valence-corrected chi connectivity index (χ4v) is 4.52. The molecule has 2 amide bonds. The Morgan fingerprint density at radius 3 is 2.44 bits per heavy atom. The lowest BCUT2D eigenvalue weighted by Crippen LogP contribution is -2.32. The van der Waals surface area contributed by atoms with E-state index < -0.39 is 17.8 Å². The lowest BCUT2D eigenvalue weighted by molar-refractivity contribution is -0.120. The molecule has 1 N–H and O–H groups in total. The second-order valence-corrected chi connectivity index (χ2v) is 8.93. The summed E-state index contributed by atoms with van der Waals surface area (Å²) in [5.41, 5.74) is 2.30. The highest BCUT2D eigenvalue weighted by Crippen LogP contribution is 2.39. The van der Waals surface area contributed by atoms with E-state index in [0.717, 1.165) is 15.4 Å². The number of para-hydroxylation sites is 1. The molecule has 4 rings (SSSR count). The van der Waals surface area contributed by atoms with E-state index in [-0.39, 0.29) is 22.2 Å². The number of imide groups is 1. The zero-order valence-electron chi connectivity index (χ0n) is 18.5. The minimum atomic E-state index is -0.533. The first-order valence-corrected chi connectivity index (χ1v) is 11.7. The van der Waals surface area contributed by atoms with E-state index in [1.165, 1.54) is 11.8 Å². The molecule has 0 radical (unpaired) electrons. The molecule has 0 spiro atoms. The summed E-state index contributed by atoms with van der Waals surface area (Å²) in [6.45, 7) is 3.95. The maximum Gasteiger partial charge on any atom is 0.338 e. The van der Waals surface area contributed by atoms with E-state index in [4.69, 9.17) is 16.3 Å². The van der Waals surface area contributed by atoms with Crippen molar-refractivity contribution in [3.05, 3.63) is 99.5 Å². The Morgan fingerprint density at radius 1 is 1.00 bits per heavy atom. The van der Waals surface area contributed by atoms with Crippen molar-refractivity contribution in [2.75, 3.05) is 16.8 Å². The summed E-state index contributed by atoms with van der Waals surface area (Å²) in [7, 11) is 0. The van der Waals surface area contributed by atoms with Crippen LogP contribution in [0.3, 0.4) is 0 Å². The number of anilines is 2. The number of amides is 2. The molecule has 0 unspecified atom stereocenters. The van der Waals surface area contributed by atoms with E-state index in [1.54, 1.807) is 55.5 Å². The molecule has 172 valence electrons. The van der Waals surface area contributed by atoms with E-state index >= 15 is 0 Å². The first-order chi connectivity index (χ1) is 16.4. The van der Waals surface area contributed by atoms with Crippen molar-refractivity contribution in [3.8, 4) is 0 Å². The van der Waals surface area contributed by atoms with Crippen LogP contribution >= 0.6 is 23.4 Å². The maximum absolute atomic E-state index is 13.5. The molecule has 6 nitrogen and oxygen atoms in total. The predicted molar refractivity (Wildman–Crippen MR) is 134 cm³/mol. The molecule has 0 fully saturated rings. The van der Waals surface area contributed by atoms with Crippen LogP contribution in [-0.4, -0.2) is 24.4 Å². The van der Waals surface area contributed by atoms with Crippen LogP contribution in [0, 0.1) is 6.92 Å². The van der Waals surface area contributed by atoms with Crippen LogP contribution in [-0.2, 0) is 14.3 Å². The number of nitrogens with zero attached hydrogens (tertiary/aromatic N) is 1. The number of aryl methyl sites for hydroxylation is 1. The third-order valence-electron chi connectivity index (χ3n) is 5.02.